The molecule has 0 radical (unpaired) electrons. The minimum atomic E-state index is -0.113. The van der Waals surface area contributed by atoms with Gasteiger partial charge in [-0.1, -0.05) is 41.5 Å². The van der Waals surface area contributed by atoms with Crippen molar-refractivity contribution >= 4 is 5.91 Å². The zero-order chi connectivity index (χ0) is 17.0. The molecule has 0 fully saturated rings. The average Bonchev–Trinajstić information content (AvgIpc) is 2.46. The second kappa shape index (κ2) is 7.32. The normalized spacial score (nSPS) is 11.9. The summed E-state index contributed by atoms with van der Waals surface area (Å²) in [7, 11) is 0. The summed E-state index contributed by atoms with van der Waals surface area (Å²) in [6, 6.07) is 12.2. The van der Waals surface area contributed by atoms with Gasteiger partial charge in [0.2, 0.25) is 0 Å². The van der Waals surface area contributed by atoms with Crippen molar-refractivity contribution in [1.29, 1.82) is 0 Å². The SMILES string of the molecule is Cc1ccc(OCC(=O)NC(C)c2ccc(C)cc2C)c(C)c1. The molecule has 3 nitrogen and oxygen atoms in total. The van der Waals surface area contributed by atoms with Crippen LogP contribution < -0.4 is 10.1 Å². The summed E-state index contributed by atoms with van der Waals surface area (Å²) in [4.78, 5) is 12.1. The summed E-state index contributed by atoms with van der Waals surface area (Å²) in [5.74, 6) is 0.641. The first-order valence-electron chi connectivity index (χ1n) is 7.93. The maximum Gasteiger partial charge on any atom is 0.258 e. The average molecular weight is 311 g/mol. The number of carbonyl (C=O) groups excluding carboxylic acids is 1. The first kappa shape index (κ1) is 17.1. The van der Waals surface area contributed by atoms with Crippen molar-refractivity contribution < 1.29 is 9.53 Å². The van der Waals surface area contributed by atoms with Crippen LogP contribution in [0.4, 0.5) is 0 Å². The van der Waals surface area contributed by atoms with Gasteiger partial charge in [-0.05, 0) is 57.4 Å². The Morgan fingerprint density at radius 2 is 1.61 bits per heavy atom. The second-order valence-corrected chi connectivity index (χ2v) is 6.21. The molecule has 0 heterocycles. The molecular weight excluding hydrogens is 286 g/mol. The highest BCUT2D eigenvalue weighted by molar-refractivity contribution is 5.78. The Hall–Kier alpha value is -2.29. The highest BCUT2D eigenvalue weighted by atomic mass is 16.5. The molecule has 0 aliphatic heterocycles. The van der Waals surface area contributed by atoms with Gasteiger partial charge in [0.25, 0.3) is 5.91 Å². The lowest BCUT2D eigenvalue weighted by atomic mass is 10.0. The third kappa shape index (κ3) is 4.59. The third-order valence-corrected chi connectivity index (χ3v) is 3.96. The van der Waals surface area contributed by atoms with E-state index in [1.807, 2.05) is 39.0 Å². The van der Waals surface area contributed by atoms with E-state index in [0.29, 0.717) is 0 Å². The number of benzene rings is 2. The predicted molar refractivity (Wildman–Crippen MR) is 93.9 cm³/mol. The van der Waals surface area contributed by atoms with Crippen LogP contribution in [-0.2, 0) is 4.79 Å². The van der Waals surface area contributed by atoms with Crippen LogP contribution >= 0.6 is 0 Å². The van der Waals surface area contributed by atoms with Gasteiger partial charge in [-0.25, -0.2) is 0 Å². The van der Waals surface area contributed by atoms with Crippen molar-refractivity contribution in [3.05, 3.63) is 64.2 Å². The maximum atomic E-state index is 12.1. The monoisotopic (exact) mass is 311 g/mol. The molecule has 1 amide bonds. The van der Waals surface area contributed by atoms with E-state index in [0.717, 1.165) is 16.9 Å². The molecule has 2 aromatic carbocycles. The predicted octanol–water partition coefficient (Wildman–Crippen LogP) is 4.18. The standard InChI is InChI=1S/C20H25NO2/c1-13-6-8-18(15(3)10-13)17(5)21-20(22)12-23-19-9-7-14(2)11-16(19)4/h6-11,17H,12H2,1-5H3,(H,21,22). The summed E-state index contributed by atoms with van der Waals surface area (Å²) in [5, 5.41) is 2.99. The lowest BCUT2D eigenvalue weighted by molar-refractivity contribution is -0.123. The van der Waals surface area contributed by atoms with E-state index in [9.17, 15) is 4.79 Å². The van der Waals surface area contributed by atoms with Crippen LogP contribution in [-0.4, -0.2) is 12.5 Å². The van der Waals surface area contributed by atoms with Gasteiger partial charge in [0.05, 0.1) is 6.04 Å². The highest BCUT2D eigenvalue weighted by Gasteiger charge is 2.12. The van der Waals surface area contributed by atoms with Gasteiger partial charge in [-0.15, -0.1) is 0 Å². The molecular formula is C20H25NO2. The van der Waals surface area contributed by atoms with Crippen LogP contribution in [0.25, 0.3) is 0 Å². The molecule has 0 saturated carbocycles. The lowest BCUT2D eigenvalue weighted by Gasteiger charge is -2.17. The van der Waals surface area contributed by atoms with E-state index in [4.69, 9.17) is 4.74 Å². The molecule has 0 saturated heterocycles. The molecule has 23 heavy (non-hydrogen) atoms. The van der Waals surface area contributed by atoms with Gasteiger partial charge in [-0.2, -0.15) is 0 Å². The van der Waals surface area contributed by atoms with E-state index in [-0.39, 0.29) is 18.6 Å². The Kier molecular flexibility index (Phi) is 5.43. The number of carbonyl (C=O) groups is 1. The van der Waals surface area contributed by atoms with E-state index in [1.165, 1.54) is 16.7 Å². The largest absolute Gasteiger partial charge is 0.484 e. The van der Waals surface area contributed by atoms with Crippen LogP contribution in [0.15, 0.2) is 36.4 Å². The van der Waals surface area contributed by atoms with Crippen molar-refractivity contribution in [3.63, 3.8) is 0 Å². The fourth-order valence-electron chi connectivity index (χ4n) is 2.78. The molecule has 0 bridgehead atoms. The molecule has 0 aromatic heterocycles. The molecule has 122 valence electrons. The Morgan fingerprint density at radius 3 is 2.22 bits per heavy atom. The number of aryl methyl sites for hydroxylation is 4. The third-order valence-electron chi connectivity index (χ3n) is 3.96. The first-order valence-corrected chi connectivity index (χ1v) is 7.93. The van der Waals surface area contributed by atoms with Crippen LogP contribution in [0.1, 0.15) is 40.8 Å². The van der Waals surface area contributed by atoms with Crippen LogP contribution in [0.2, 0.25) is 0 Å². The molecule has 1 N–H and O–H groups in total. The smallest absolute Gasteiger partial charge is 0.258 e. The summed E-state index contributed by atoms with van der Waals surface area (Å²) in [6.07, 6.45) is 0. The van der Waals surface area contributed by atoms with Gasteiger partial charge < -0.3 is 10.1 Å². The van der Waals surface area contributed by atoms with Gasteiger partial charge in [0.1, 0.15) is 5.75 Å². The fourth-order valence-corrected chi connectivity index (χ4v) is 2.78. The number of hydrogen-bond donors (Lipinski definition) is 1. The molecule has 2 rings (SSSR count). The first-order chi connectivity index (χ1) is 10.9. The minimum Gasteiger partial charge on any atom is -0.484 e. The zero-order valence-corrected chi connectivity index (χ0v) is 14.6. The summed E-state index contributed by atoms with van der Waals surface area (Å²) in [6.45, 7) is 10.2. The van der Waals surface area contributed by atoms with Gasteiger partial charge in [0, 0.05) is 0 Å². The Balaban J connectivity index is 1.93. The van der Waals surface area contributed by atoms with Crippen molar-refractivity contribution in [3.8, 4) is 5.75 Å². The van der Waals surface area contributed by atoms with Crippen LogP contribution in [0.3, 0.4) is 0 Å². The minimum absolute atomic E-state index is 0.0269. The molecule has 1 unspecified atom stereocenters. The van der Waals surface area contributed by atoms with Gasteiger partial charge >= 0.3 is 0 Å². The number of nitrogens with one attached hydrogen (secondary N) is 1. The molecule has 0 aliphatic rings. The Labute approximate surface area is 138 Å². The topological polar surface area (TPSA) is 38.3 Å². The van der Waals surface area contributed by atoms with Crippen molar-refractivity contribution in [2.45, 2.75) is 40.7 Å². The Bertz CT molecular complexity index is 707. The quantitative estimate of drug-likeness (QED) is 0.899. The van der Waals surface area contributed by atoms with Gasteiger partial charge in [0.15, 0.2) is 6.61 Å². The van der Waals surface area contributed by atoms with Crippen molar-refractivity contribution in [2.24, 2.45) is 0 Å². The molecule has 2 aromatic rings. The number of ether oxygens (including phenoxy) is 1. The molecule has 1 atom stereocenters. The van der Waals surface area contributed by atoms with E-state index < -0.39 is 0 Å². The van der Waals surface area contributed by atoms with Crippen molar-refractivity contribution in [2.75, 3.05) is 6.61 Å². The van der Waals surface area contributed by atoms with Gasteiger partial charge in [-0.3, -0.25) is 4.79 Å². The maximum absolute atomic E-state index is 12.1. The summed E-state index contributed by atoms with van der Waals surface area (Å²) < 4.78 is 5.63. The highest BCUT2D eigenvalue weighted by Crippen LogP contribution is 2.20. The van der Waals surface area contributed by atoms with E-state index in [1.54, 1.807) is 0 Å². The Morgan fingerprint density at radius 1 is 1.00 bits per heavy atom. The molecule has 0 aliphatic carbocycles. The lowest BCUT2D eigenvalue weighted by Crippen LogP contribution is -2.31. The number of hydrogen-bond acceptors (Lipinski definition) is 2. The van der Waals surface area contributed by atoms with Crippen LogP contribution in [0.5, 0.6) is 5.75 Å². The fraction of sp³-hybridized carbons (Fsp3) is 0.350. The zero-order valence-electron chi connectivity index (χ0n) is 14.6. The van der Waals surface area contributed by atoms with Crippen LogP contribution in [0, 0.1) is 27.7 Å². The number of amides is 1. The number of rotatable bonds is 5. The summed E-state index contributed by atoms with van der Waals surface area (Å²) >= 11 is 0. The summed E-state index contributed by atoms with van der Waals surface area (Å²) in [5.41, 5.74) is 5.77. The molecule has 0 spiro atoms. The van der Waals surface area contributed by atoms with E-state index in [2.05, 4.69) is 37.4 Å². The van der Waals surface area contributed by atoms with Crippen molar-refractivity contribution in [1.82, 2.24) is 5.32 Å². The molecule has 3 heteroatoms. The van der Waals surface area contributed by atoms with E-state index >= 15 is 0 Å². The second-order valence-electron chi connectivity index (χ2n) is 6.21.